The van der Waals surface area contributed by atoms with Gasteiger partial charge < -0.3 is 9.47 Å². The highest BCUT2D eigenvalue weighted by atomic mass is 15.1. The number of hydrogen-bond acceptors (Lipinski definition) is 1. The summed E-state index contributed by atoms with van der Waals surface area (Å²) in [5.41, 5.74) is 1.40. The van der Waals surface area contributed by atoms with Crippen molar-refractivity contribution in [3.63, 3.8) is 0 Å². The van der Waals surface area contributed by atoms with Crippen molar-refractivity contribution in [1.29, 1.82) is 0 Å². The van der Waals surface area contributed by atoms with Gasteiger partial charge in [0.2, 0.25) is 0 Å². The van der Waals surface area contributed by atoms with E-state index >= 15 is 0 Å². The van der Waals surface area contributed by atoms with Gasteiger partial charge in [0.15, 0.2) is 0 Å². The Kier molecular flexibility index (Phi) is 2.71. The Hall–Kier alpha value is -0.760. The zero-order valence-electron chi connectivity index (χ0n) is 7.54. The standard InChI is InChI=1S/C9H16N2/c1-10(2)8-6-9-5-4-7-11(9)3/h4-5,7H,6,8H2,1-3H3. The van der Waals surface area contributed by atoms with Crippen LogP contribution >= 0.6 is 0 Å². The third kappa shape index (κ3) is 2.39. The summed E-state index contributed by atoms with van der Waals surface area (Å²) in [5, 5.41) is 0. The molecule has 2 heteroatoms. The molecule has 0 N–H and O–H groups in total. The van der Waals surface area contributed by atoms with Crippen LogP contribution in [0.4, 0.5) is 0 Å². The van der Waals surface area contributed by atoms with Crippen LogP contribution in [-0.4, -0.2) is 30.1 Å². The van der Waals surface area contributed by atoms with E-state index in [9.17, 15) is 0 Å². The Bertz CT molecular complexity index is 213. The molecule has 0 aliphatic carbocycles. The van der Waals surface area contributed by atoms with Gasteiger partial charge in [0.1, 0.15) is 0 Å². The predicted molar refractivity (Wildman–Crippen MR) is 47.7 cm³/mol. The summed E-state index contributed by atoms with van der Waals surface area (Å²) >= 11 is 0. The molecule has 1 heterocycles. The molecule has 1 aromatic rings. The summed E-state index contributed by atoms with van der Waals surface area (Å²) in [6.45, 7) is 1.12. The van der Waals surface area contributed by atoms with E-state index in [1.54, 1.807) is 0 Å². The van der Waals surface area contributed by atoms with Gasteiger partial charge in [0.05, 0.1) is 0 Å². The molecule has 0 fully saturated rings. The number of aromatic nitrogens is 1. The predicted octanol–water partition coefficient (Wildman–Crippen LogP) is 1.13. The van der Waals surface area contributed by atoms with E-state index in [4.69, 9.17) is 0 Å². The molecule has 0 saturated heterocycles. The highest BCUT2D eigenvalue weighted by Gasteiger charge is 1.96. The van der Waals surface area contributed by atoms with Crippen LogP contribution in [0.25, 0.3) is 0 Å². The van der Waals surface area contributed by atoms with Gasteiger partial charge in [-0.25, -0.2) is 0 Å². The summed E-state index contributed by atoms with van der Waals surface area (Å²) in [6, 6.07) is 4.26. The maximum Gasteiger partial charge on any atom is 0.0184 e. The van der Waals surface area contributed by atoms with E-state index in [2.05, 4.69) is 48.9 Å². The van der Waals surface area contributed by atoms with Crippen LogP contribution in [0.2, 0.25) is 0 Å². The molecule has 0 amide bonds. The molecule has 0 atom stereocenters. The van der Waals surface area contributed by atoms with Crippen molar-refractivity contribution in [1.82, 2.24) is 9.47 Å². The lowest BCUT2D eigenvalue weighted by Crippen LogP contribution is -2.16. The summed E-state index contributed by atoms with van der Waals surface area (Å²) < 4.78 is 2.17. The van der Waals surface area contributed by atoms with Gasteiger partial charge >= 0.3 is 0 Å². The van der Waals surface area contributed by atoms with Gasteiger partial charge in [0.25, 0.3) is 0 Å². The number of rotatable bonds is 3. The zero-order valence-corrected chi connectivity index (χ0v) is 7.54. The molecule has 0 aliphatic heterocycles. The van der Waals surface area contributed by atoms with Gasteiger partial charge in [-0.15, -0.1) is 0 Å². The number of likely N-dealkylation sites (N-methyl/N-ethyl adjacent to an activating group) is 1. The van der Waals surface area contributed by atoms with Gasteiger partial charge in [-0.2, -0.15) is 0 Å². The van der Waals surface area contributed by atoms with Gasteiger partial charge in [0, 0.05) is 31.9 Å². The zero-order chi connectivity index (χ0) is 8.27. The largest absolute Gasteiger partial charge is 0.354 e. The van der Waals surface area contributed by atoms with Crippen molar-refractivity contribution < 1.29 is 0 Å². The first-order valence-electron chi connectivity index (χ1n) is 3.95. The van der Waals surface area contributed by atoms with Crippen LogP contribution in [0.5, 0.6) is 0 Å². The van der Waals surface area contributed by atoms with Crippen LogP contribution in [0.1, 0.15) is 5.69 Å². The average molecular weight is 152 g/mol. The molecular formula is C9H16N2. The minimum absolute atomic E-state index is 1.12. The van der Waals surface area contributed by atoms with Crippen LogP contribution in [0.15, 0.2) is 18.3 Å². The molecule has 11 heavy (non-hydrogen) atoms. The van der Waals surface area contributed by atoms with Gasteiger partial charge in [-0.1, -0.05) is 0 Å². The lowest BCUT2D eigenvalue weighted by atomic mass is 10.3. The van der Waals surface area contributed by atoms with Crippen LogP contribution in [0, 0.1) is 0 Å². The second-order valence-corrected chi connectivity index (χ2v) is 3.16. The SMILES string of the molecule is CN(C)CCc1cccn1C. The first-order valence-corrected chi connectivity index (χ1v) is 3.95. The van der Waals surface area contributed by atoms with E-state index < -0.39 is 0 Å². The highest BCUT2D eigenvalue weighted by Crippen LogP contribution is 2.00. The maximum absolute atomic E-state index is 2.20. The fourth-order valence-corrected chi connectivity index (χ4v) is 1.09. The summed E-state index contributed by atoms with van der Waals surface area (Å²) in [6.07, 6.45) is 3.22. The average Bonchev–Trinajstić information content (AvgIpc) is 2.31. The van der Waals surface area contributed by atoms with Crippen molar-refractivity contribution in [2.75, 3.05) is 20.6 Å². The molecule has 0 unspecified atom stereocenters. The molecule has 0 bridgehead atoms. The van der Waals surface area contributed by atoms with E-state index in [-0.39, 0.29) is 0 Å². The lowest BCUT2D eigenvalue weighted by Gasteiger charge is -2.09. The summed E-state index contributed by atoms with van der Waals surface area (Å²) in [5.74, 6) is 0. The highest BCUT2D eigenvalue weighted by molar-refractivity contribution is 5.06. The van der Waals surface area contributed by atoms with Crippen molar-refractivity contribution in [3.05, 3.63) is 24.0 Å². The fourth-order valence-electron chi connectivity index (χ4n) is 1.09. The number of nitrogens with zero attached hydrogens (tertiary/aromatic N) is 2. The minimum atomic E-state index is 1.12. The second-order valence-electron chi connectivity index (χ2n) is 3.16. The number of hydrogen-bond donors (Lipinski definition) is 0. The first kappa shape index (κ1) is 8.34. The molecule has 62 valence electrons. The molecule has 0 spiro atoms. The van der Waals surface area contributed by atoms with Crippen LogP contribution in [-0.2, 0) is 13.5 Å². The van der Waals surface area contributed by atoms with E-state index in [1.807, 2.05) is 0 Å². The van der Waals surface area contributed by atoms with E-state index in [0.29, 0.717) is 0 Å². The Morgan fingerprint density at radius 3 is 2.64 bits per heavy atom. The fraction of sp³-hybridized carbons (Fsp3) is 0.556. The molecule has 1 rings (SSSR count). The normalized spacial score (nSPS) is 10.9. The van der Waals surface area contributed by atoms with Crippen molar-refractivity contribution >= 4 is 0 Å². The number of aryl methyl sites for hydroxylation is 1. The molecule has 0 aliphatic rings. The van der Waals surface area contributed by atoms with Crippen molar-refractivity contribution in [2.45, 2.75) is 6.42 Å². The molecular weight excluding hydrogens is 136 g/mol. The third-order valence-electron chi connectivity index (χ3n) is 1.87. The molecule has 2 nitrogen and oxygen atoms in total. The Balaban J connectivity index is 2.44. The molecule has 0 saturated carbocycles. The monoisotopic (exact) mass is 152 g/mol. The summed E-state index contributed by atoms with van der Waals surface area (Å²) in [7, 11) is 6.29. The molecule has 0 aromatic carbocycles. The minimum Gasteiger partial charge on any atom is -0.354 e. The van der Waals surface area contributed by atoms with Crippen molar-refractivity contribution in [3.8, 4) is 0 Å². The van der Waals surface area contributed by atoms with Crippen molar-refractivity contribution in [2.24, 2.45) is 7.05 Å². The third-order valence-corrected chi connectivity index (χ3v) is 1.87. The van der Waals surface area contributed by atoms with Crippen LogP contribution < -0.4 is 0 Å². The molecule has 0 radical (unpaired) electrons. The Labute approximate surface area is 68.4 Å². The van der Waals surface area contributed by atoms with E-state index in [0.717, 1.165) is 13.0 Å². The van der Waals surface area contributed by atoms with E-state index in [1.165, 1.54) is 5.69 Å². The summed E-state index contributed by atoms with van der Waals surface area (Å²) in [4.78, 5) is 2.20. The van der Waals surface area contributed by atoms with Gasteiger partial charge in [-0.05, 0) is 26.2 Å². The first-order chi connectivity index (χ1) is 5.20. The molecule has 1 aromatic heterocycles. The van der Waals surface area contributed by atoms with Gasteiger partial charge in [-0.3, -0.25) is 0 Å². The smallest absolute Gasteiger partial charge is 0.0184 e. The second kappa shape index (κ2) is 3.58. The Morgan fingerprint density at radius 2 is 2.18 bits per heavy atom. The topological polar surface area (TPSA) is 8.17 Å². The lowest BCUT2D eigenvalue weighted by molar-refractivity contribution is 0.410. The quantitative estimate of drug-likeness (QED) is 0.630. The maximum atomic E-state index is 2.20. The van der Waals surface area contributed by atoms with Crippen LogP contribution in [0.3, 0.4) is 0 Å². The Morgan fingerprint density at radius 1 is 1.45 bits per heavy atom.